The van der Waals surface area contributed by atoms with Crippen molar-refractivity contribution in [3.63, 3.8) is 0 Å². The molecule has 1 aliphatic heterocycles. The monoisotopic (exact) mass is 246 g/mol. The highest BCUT2D eigenvalue weighted by atomic mass is 16.1. The third-order valence-electron chi connectivity index (χ3n) is 3.63. The number of rotatable bonds is 3. The zero-order valence-corrected chi connectivity index (χ0v) is 11.2. The summed E-state index contributed by atoms with van der Waals surface area (Å²) in [6.07, 6.45) is 2.40. The minimum absolute atomic E-state index is 0.0358. The number of carbonyl (C=O) groups is 1. The van der Waals surface area contributed by atoms with Crippen molar-refractivity contribution in [3.8, 4) is 0 Å². The SMILES string of the molecule is Cc1ccc(C(=O)NCC2CCC(C)NC2)cc1. The summed E-state index contributed by atoms with van der Waals surface area (Å²) in [7, 11) is 0. The number of nitrogens with one attached hydrogen (secondary N) is 2. The summed E-state index contributed by atoms with van der Waals surface area (Å²) in [4.78, 5) is 11.9. The first-order valence-corrected chi connectivity index (χ1v) is 6.73. The molecule has 0 aliphatic carbocycles. The lowest BCUT2D eigenvalue weighted by Gasteiger charge is -2.27. The highest BCUT2D eigenvalue weighted by Gasteiger charge is 2.18. The number of hydrogen-bond acceptors (Lipinski definition) is 2. The fourth-order valence-electron chi connectivity index (χ4n) is 2.28. The van der Waals surface area contributed by atoms with Crippen LogP contribution in [-0.2, 0) is 0 Å². The molecule has 1 fully saturated rings. The van der Waals surface area contributed by atoms with E-state index in [4.69, 9.17) is 0 Å². The molecule has 1 aromatic carbocycles. The van der Waals surface area contributed by atoms with Gasteiger partial charge in [0.15, 0.2) is 0 Å². The topological polar surface area (TPSA) is 41.1 Å². The molecule has 1 heterocycles. The summed E-state index contributed by atoms with van der Waals surface area (Å²) in [5.41, 5.74) is 1.93. The van der Waals surface area contributed by atoms with Gasteiger partial charge in [-0.2, -0.15) is 0 Å². The van der Waals surface area contributed by atoms with Gasteiger partial charge in [-0.15, -0.1) is 0 Å². The third-order valence-corrected chi connectivity index (χ3v) is 3.63. The molecule has 0 radical (unpaired) electrons. The fourth-order valence-corrected chi connectivity index (χ4v) is 2.28. The lowest BCUT2D eigenvalue weighted by molar-refractivity contribution is 0.0944. The molecular formula is C15H22N2O. The van der Waals surface area contributed by atoms with Crippen molar-refractivity contribution in [2.24, 2.45) is 5.92 Å². The normalized spacial score (nSPS) is 23.7. The van der Waals surface area contributed by atoms with Gasteiger partial charge in [0.2, 0.25) is 0 Å². The zero-order chi connectivity index (χ0) is 13.0. The molecule has 0 saturated carbocycles. The van der Waals surface area contributed by atoms with E-state index in [2.05, 4.69) is 17.6 Å². The number of amides is 1. The van der Waals surface area contributed by atoms with Gasteiger partial charge in [-0.1, -0.05) is 17.7 Å². The largest absolute Gasteiger partial charge is 0.352 e. The minimum atomic E-state index is 0.0358. The molecule has 98 valence electrons. The standard InChI is InChI=1S/C15H22N2O/c1-11-3-7-14(8-4-11)15(18)17-10-13-6-5-12(2)16-9-13/h3-4,7-8,12-13,16H,5-6,9-10H2,1-2H3,(H,17,18). The van der Waals surface area contributed by atoms with Gasteiger partial charge in [-0.25, -0.2) is 0 Å². The second-order valence-corrected chi connectivity index (χ2v) is 5.33. The van der Waals surface area contributed by atoms with Crippen LogP contribution in [0.2, 0.25) is 0 Å². The van der Waals surface area contributed by atoms with Crippen molar-refractivity contribution in [1.29, 1.82) is 0 Å². The van der Waals surface area contributed by atoms with Crippen molar-refractivity contribution in [3.05, 3.63) is 35.4 Å². The van der Waals surface area contributed by atoms with Crippen LogP contribution in [0.3, 0.4) is 0 Å². The number of hydrogen-bond donors (Lipinski definition) is 2. The average molecular weight is 246 g/mol. The van der Waals surface area contributed by atoms with Gasteiger partial charge in [0.05, 0.1) is 0 Å². The van der Waals surface area contributed by atoms with Crippen LogP contribution < -0.4 is 10.6 Å². The van der Waals surface area contributed by atoms with E-state index in [0.717, 1.165) is 18.7 Å². The molecule has 0 aromatic heterocycles. The molecule has 18 heavy (non-hydrogen) atoms. The van der Waals surface area contributed by atoms with Gasteiger partial charge in [0.25, 0.3) is 5.91 Å². The van der Waals surface area contributed by atoms with Crippen LogP contribution >= 0.6 is 0 Å². The van der Waals surface area contributed by atoms with Crippen LogP contribution in [0.15, 0.2) is 24.3 Å². The zero-order valence-electron chi connectivity index (χ0n) is 11.2. The predicted molar refractivity (Wildman–Crippen MR) is 73.7 cm³/mol. The number of benzene rings is 1. The average Bonchev–Trinajstić information content (AvgIpc) is 2.38. The summed E-state index contributed by atoms with van der Waals surface area (Å²) in [6.45, 7) is 6.01. The lowest BCUT2D eigenvalue weighted by Crippen LogP contribution is -2.41. The quantitative estimate of drug-likeness (QED) is 0.857. The maximum Gasteiger partial charge on any atom is 0.251 e. The molecule has 3 heteroatoms. The number of aryl methyl sites for hydroxylation is 1. The summed E-state index contributed by atoms with van der Waals surface area (Å²) in [5, 5.41) is 6.48. The van der Waals surface area contributed by atoms with E-state index < -0.39 is 0 Å². The Labute approximate surface area is 109 Å². The van der Waals surface area contributed by atoms with Gasteiger partial charge < -0.3 is 10.6 Å². The van der Waals surface area contributed by atoms with Crippen molar-refractivity contribution in [1.82, 2.24) is 10.6 Å². The molecule has 0 bridgehead atoms. The van der Waals surface area contributed by atoms with E-state index in [-0.39, 0.29) is 5.91 Å². The van der Waals surface area contributed by atoms with Crippen molar-refractivity contribution < 1.29 is 4.79 Å². The van der Waals surface area contributed by atoms with E-state index in [1.54, 1.807) is 0 Å². The van der Waals surface area contributed by atoms with Crippen LogP contribution in [0.5, 0.6) is 0 Å². The smallest absolute Gasteiger partial charge is 0.251 e. The highest BCUT2D eigenvalue weighted by Crippen LogP contribution is 2.13. The second-order valence-electron chi connectivity index (χ2n) is 5.33. The van der Waals surface area contributed by atoms with Crippen LogP contribution in [0.4, 0.5) is 0 Å². The van der Waals surface area contributed by atoms with Crippen molar-refractivity contribution in [2.45, 2.75) is 32.7 Å². The summed E-state index contributed by atoms with van der Waals surface area (Å²) in [6, 6.07) is 8.32. The molecule has 2 N–H and O–H groups in total. The van der Waals surface area contributed by atoms with E-state index in [1.807, 2.05) is 31.2 Å². The van der Waals surface area contributed by atoms with Crippen molar-refractivity contribution in [2.75, 3.05) is 13.1 Å². The minimum Gasteiger partial charge on any atom is -0.352 e. The van der Waals surface area contributed by atoms with Gasteiger partial charge in [0.1, 0.15) is 0 Å². The molecule has 3 nitrogen and oxygen atoms in total. The molecule has 1 aromatic rings. The van der Waals surface area contributed by atoms with Crippen LogP contribution in [0.1, 0.15) is 35.7 Å². The Hall–Kier alpha value is -1.35. The molecular weight excluding hydrogens is 224 g/mol. The first-order valence-electron chi connectivity index (χ1n) is 6.73. The van der Waals surface area contributed by atoms with Crippen LogP contribution in [0, 0.1) is 12.8 Å². The van der Waals surface area contributed by atoms with Crippen LogP contribution in [-0.4, -0.2) is 25.0 Å². The molecule has 1 amide bonds. The second kappa shape index (κ2) is 6.01. The van der Waals surface area contributed by atoms with E-state index >= 15 is 0 Å². The first-order chi connectivity index (χ1) is 8.65. The summed E-state index contributed by atoms with van der Waals surface area (Å²) in [5.74, 6) is 0.601. The molecule has 2 atom stereocenters. The molecule has 2 rings (SSSR count). The molecule has 1 aliphatic rings. The predicted octanol–water partition coefficient (Wildman–Crippen LogP) is 2.11. The first kappa shape index (κ1) is 13.1. The van der Waals surface area contributed by atoms with E-state index in [0.29, 0.717) is 12.0 Å². The van der Waals surface area contributed by atoms with E-state index in [1.165, 1.54) is 18.4 Å². The van der Waals surface area contributed by atoms with Gasteiger partial charge >= 0.3 is 0 Å². The Kier molecular flexibility index (Phi) is 4.37. The Morgan fingerprint density at radius 3 is 2.67 bits per heavy atom. The van der Waals surface area contributed by atoms with E-state index in [9.17, 15) is 4.79 Å². The maximum absolute atomic E-state index is 11.9. The third kappa shape index (κ3) is 3.57. The Balaban J connectivity index is 1.79. The maximum atomic E-state index is 11.9. The van der Waals surface area contributed by atoms with Gasteiger partial charge in [0, 0.05) is 18.2 Å². The van der Waals surface area contributed by atoms with Crippen molar-refractivity contribution >= 4 is 5.91 Å². The highest BCUT2D eigenvalue weighted by molar-refractivity contribution is 5.94. The fraction of sp³-hybridized carbons (Fsp3) is 0.533. The molecule has 1 saturated heterocycles. The lowest BCUT2D eigenvalue weighted by atomic mass is 9.95. The Morgan fingerprint density at radius 2 is 2.06 bits per heavy atom. The number of piperidine rings is 1. The van der Waals surface area contributed by atoms with Crippen LogP contribution in [0.25, 0.3) is 0 Å². The number of carbonyl (C=O) groups excluding carboxylic acids is 1. The van der Waals surface area contributed by atoms with Gasteiger partial charge in [-0.3, -0.25) is 4.79 Å². The molecule has 2 unspecified atom stereocenters. The Bertz CT molecular complexity index is 391. The van der Waals surface area contributed by atoms with Gasteiger partial charge in [-0.05, 0) is 51.3 Å². The Morgan fingerprint density at radius 1 is 1.33 bits per heavy atom. The molecule has 0 spiro atoms. The summed E-state index contributed by atoms with van der Waals surface area (Å²) >= 11 is 0. The summed E-state index contributed by atoms with van der Waals surface area (Å²) < 4.78 is 0.